The van der Waals surface area contributed by atoms with Gasteiger partial charge >= 0.3 is 0 Å². The van der Waals surface area contributed by atoms with E-state index < -0.39 is 0 Å². The molecule has 33 heavy (non-hydrogen) atoms. The average Bonchev–Trinajstić information content (AvgIpc) is 3.36. The maximum Gasteiger partial charge on any atom is 0.250 e. The third-order valence-electron chi connectivity index (χ3n) is 5.27. The Hall–Kier alpha value is -4.64. The number of allylic oxidation sites excluding steroid dienone is 1. The molecule has 0 bridgehead atoms. The highest BCUT2D eigenvalue weighted by molar-refractivity contribution is 6.05. The average molecular weight is 436 g/mol. The van der Waals surface area contributed by atoms with Crippen LogP contribution in [-0.2, 0) is 11.3 Å². The van der Waals surface area contributed by atoms with E-state index in [4.69, 9.17) is 11.2 Å². The largest absolute Gasteiger partial charge is 0.489 e. The van der Waals surface area contributed by atoms with Crippen LogP contribution in [0, 0.1) is 12.3 Å². The van der Waals surface area contributed by atoms with Gasteiger partial charge in [0.1, 0.15) is 24.5 Å². The molecule has 0 unspecified atom stereocenters. The molecule has 2 aromatic heterocycles. The summed E-state index contributed by atoms with van der Waals surface area (Å²) >= 11 is 0. The summed E-state index contributed by atoms with van der Waals surface area (Å²) in [5.41, 5.74) is 2.98. The molecule has 8 heteroatoms. The van der Waals surface area contributed by atoms with Gasteiger partial charge in [-0.25, -0.2) is 15.0 Å². The summed E-state index contributed by atoms with van der Waals surface area (Å²) in [6.07, 6.45) is 15.7. The van der Waals surface area contributed by atoms with Crippen molar-refractivity contribution >= 4 is 34.0 Å². The van der Waals surface area contributed by atoms with Crippen molar-refractivity contribution in [3.63, 3.8) is 0 Å². The molecule has 4 aromatic rings. The number of benzene rings is 2. The number of amides is 1. The van der Waals surface area contributed by atoms with Crippen LogP contribution in [0.1, 0.15) is 5.56 Å². The van der Waals surface area contributed by atoms with E-state index in [2.05, 4.69) is 26.2 Å². The summed E-state index contributed by atoms with van der Waals surface area (Å²) in [4.78, 5) is 27.5. The van der Waals surface area contributed by atoms with E-state index in [0.717, 1.165) is 16.6 Å². The minimum atomic E-state index is -0.118. The van der Waals surface area contributed by atoms with Crippen molar-refractivity contribution in [1.29, 1.82) is 0 Å². The van der Waals surface area contributed by atoms with E-state index in [9.17, 15) is 4.79 Å². The van der Waals surface area contributed by atoms with Crippen LogP contribution >= 0.6 is 0 Å². The quantitative estimate of drug-likeness (QED) is 0.381. The third-order valence-corrected chi connectivity index (χ3v) is 5.27. The number of aromatic nitrogens is 4. The standard InChI is InChI=1S/C25H20N6O2/c1-2-18-5-3-6-19(13-18)29-25-20-14-22-23(15-21(20)27-16-28-25)33-12-11-31(22)24(32)7-4-9-30-10-8-26-17-30/h1,3-8,10,13-17H,9,11-12H2,(H,27,28,29). The fraction of sp³-hybridized carbons (Fsp3) is 0.120. The van der Waals surface area contributed by atoms with Crippen molar-refractivity contribution in [3.8, 4) is 18.1 Å². The minimum absolute atomic E-state index is 0.118. The Kier molecular flexibility index (Phi) is 5.43. The number of carbonyl (C=O) groups is 1. The number of rotatable bonds is 5. The van der Waals surface area contributed by atoms with Gasteiger partial charge in [-0.05, 0) is 24.3 Å². The second-order valence-electron chi connectivity index (χ2n) is 7.41. The normalized spacial score (nSPS) is 12.9. The predicted octanol–water partition coefficient (Wildman–Crippen LogP) is 3.53. The molecule has 0 saturated carbocycles. The first kappa shape index (κ1) is 20.3. The van der Waals surface area contributed by atoms with E-state index in [1.807, 2.05) is 53.2 Å². The Bertz CT molecular complexity index is 1390. The first-order valence-electron chi connectivity index (χ1n) is 10.4. The van der Waals surface area contributed by atoms with E-state index in [1.54, 1.807) is 23.5 Å². The third kappa shape index (κ3) is 4.25. The van der Waals surface area contributed by atoms with Gasteiger partial charge in [-0.2, -0.15) is 0 Å². The van der Waals surface area contributed by atoms with E-state index in [0.29, 0.717) is 42.5 Å². The van der Waals surface area contributed by atoms with Crippen molar-refractivity contribution in [3.05, 3.63) is 79.2 Å². The molecule has 1 N–H and O–H groups in total. The molecule has 5 rings (SSSR count). The number of nitrogens with one attached hydrogen (secondary N) is 1. The van der Waals surface area contributed by atoms with Gasteiger partial charge in [-0.1, -0.05) is 18.1 Å². The summed E-state index contributed by atoms with van der Waals surface area (Å²) in [7, 11) is 0. The highest BCUT2D eigenvalue weighted by Gasteiger charge is 2.24. The summed E-state index contributed by atoms with van der Waals surface area (Å²) in [6.45, 7) is 1.43. The Morgan fingerprint density at radius 1 is 1.27 bits per heavy atom. The molecule has 3 heterocycles. The lowest BCUT2D eigenvalue weighted by atomic mass is 10.1. The SMILES string of the molecule is C#Cc1cccc(Nc2ncnc3cc4c(cc23)N(C(=O)C=CCn2ccnc2)CCO4)c1. The molecule has 1 aliphatic heterocycles. The molecule has 1 aliphatic rings. The second kappa shape index (κ2) is 8.85. The number of nitrogens with zero attached hydrogens (tertiary/aromatic N) is 5. The molecular formula is C25H20N6O2. The fourth-order valence-corrected chi connectivity index (χ4v) is 3.68. The second-order valence-corrected chi connectivity index (χ2v) is 7.41. The summed E-state index contributed by atoms with van der Waals surface area (Å²) in [6, 6.07) is 11.3. The highest BCUT2D eigenvalue weighted by Crippen LogP contribution is 2.37. The maximum atomic E-state index is 13.0. The van der Waals surface area contributed by atoms with E-state index >= 15 is 0 Å². The van der Waals surface area contributed by atoms with Gasteiger partial charge in [-0.3, -0.25) is 4.79 Å². The highest BCUT2D eigenvalue weighted by atomic mass is 16.5. The van der Waals surface area contributed by atoms with Gasteiger partial charge in [-0.15, -0.1) is 6.42 Å². The van der Waals surface area contributed by atoms with Crippen molar-refractivity contribution < 1.29 is 9.53 Å². The monoisotopic (exact) mass is 436 g/mol. The molecule has 0 spiro atoms. The molecule has 0 radical (unpaired) electrons. The predicted molar refractivity (Wildman–Crippen MR) is 126 cm³/mol. The van der Waals surface area contributed by atoms with E-state index in [-0.39, 0.29) is 5.91 Å². The minimum Gasteiger partial charge on any atom is -0.489 e. The maximum absolute atomic E-state index is 13.0. The van der Waals surface area contributed by atoms with Gasteiger partial charge < -0.3 is 19.5 Å². The molecule has 1 amide bonds. The lowest BCUT2D eigenvalue weighted by molar-refractivity contribution is -0.114. The van der Waals surface area contributed by atoms with Crippen molar-refractivity contribution in [2.24, 2.45) is 0 Å². The smallest absolute Gasteiger partial charge is 0.250 e. The molecule has 0 atom stereocenters. The summed E-state index contributed by atoms with van der Waals surface area (Å²) in [5, 5.41) is 4.08. The van der Waals surface area contributed by atoms with Crippen LogP contribution in [0.4, 0.5) is 17.2 Å². The Morgan fingerprint density at radius 3 is 3.06 bits per heavy atom. The van der Waals surface area contributed by atoms with Crippen molar-refractivity contribution in [2.75, 3.05) is 23.4 Å². The van der Waals surface area contributed by atoms with Crippen molar-refractivity contribution in [1.82, 2.24) is 19.5 Å². The number of anilines is 3. The zero-order chi connectivity index (χ0) is 22.6. The number of hydrogen-bond acceptors (Lipinski definition) is 6. The Morgan fingerprint density at radius 2 is 2.21 bits per heavy atom. The lowest BCUT2D eigenvalue weighted by Gasteiger charge is -2.29. The Balaban J connectivity index is 1.46. The number of hydrogen-bond donors (Lipinski definition) is 1. The number of fused-ring (bicyclic) bond motifs is 2. The molecule has 0 saturated heterocycles. The molecule has 2 aromatic carbocycles. The number of terminal acetylenes is 1. The fourth-order valence-electron chi connectivity index (χ4n) is 3.68. The lowest BCUT2D eigenvalue weighted by Crippen LogP contribution is -2.37. The van der Waals surface area contributed by atoms with Crippen LogP contribution in [0.25, 0.3) is 10.9 Å². The first-order chi connectivity index (χ1) is 16.2. The van der Waals surface area contributed by atoms with Gasteiger partial charge in [0.15, 0.2) is 0 Å². The van der Waals surface area contributed by atoms with Gasteiger partial charge in [0.2, 0.25) is 0 Å². The zero-order valence-electron chi connectivity index (χ0n) is 17.7. The van der Waals surface area contributed by atoms with E-state index in [1.165, 1.54) is 6.33 Å². The zero-order valence-corrected chi connectivity index (χ0v) is 17.7. The molecule has 162 valence electrons. The topological polar surface area (TPSA) is 85.2 Å². The number of imidazole rings is 1. The molecule has 8 nitrogen and oxygen atoms in total. The first-order valence-corrected chi connectivity index (χ1v) is 10.4. The van der Waals surface area contributed by atoms with Gasteiger partial charge in [0, 0.05) is 47.7 Å². The summed E-state index contributed by atoms with van der Waals surface area (Å²) in [5.74, 6) is 3.74. The van der Waals surface area contributed by atoms with Crippen LogP contribution in [-0.4, -0.2) is 38.6 Å². The Labute approximate surface area is 190 Å². The van der Waals surface area contributed by atoms with Crippen LogP contribution < -0.4 is 15.0 Å². The molecule has 0 aliphatic carbocycles. The number of ether oxygens (including phenoxy) is 1. The van der Waals surface area contributed by atoms with Gasteiger partial charge in [0.25, 0.3) is 5.91 Å². The van der Waals surface area contributed by atoms with Gasteiger partial charge in [0.05, 0.1) is 24.1 Å². The van der Waals surface area contributed by atoms with Crippen LogP contribution in [0.3, 0.4) is 0 Å². The number of carbonyl (C=O) groups excluding carboxylic acids is 1. The van der Waals surface area contributed by atoms with Crippen molar-refractivity contribution in [2.45, 2.75) is 6.54 Å². The summed E-state index contributed by atoms with van der Waals surface area (Å²) < 4.78 is 7.71. The molecule has 0 fully saturated rings. The molecular weight excluding hydrogens is 416 g/mol. The van der Waals surface area contributed by atoms with Crippen LogP contribution in [0.2, 0.25) is 0 Å². The van der Waals surface area contributed by atoms with Crippen LogP contribution in [0.5, 0.6) is 5.75 Å². The van der Waals surface area contributed by atoms with Crippen LogP contribution in [0.15, 0.2) is 73.6 Å².